The summed E-state index contributed by atoms with van der Waals surface area (Å²) in [5.74, 6) is -0.560. The summed E-state index contributed by atoms with van der Waals surface area (Å²) >= 11 is 0. The molecule has 6 unspecified atom stereocenters. The van der Waals surface area contributed by atoms with Gasteiger partial charge in [-0.15, -0.1) is 0 Å². The highest BCUT2D eigenvalue weighted by molar-refractivity contribution is 5.77. The van der Waals surface area contributed by atoms with Gasteiger partial charge in [0.15, 0.2) is 6.10 Å². The molecule has 112 valence electrons. The zero-order valence-electron chi connectivity index (χ0n) is 11.7. The Bertz CT molecular complexity index is 408. The number of rotatable bonds is 6. The molecular weight excluding hydrogens is 264 g/mol. The van der Waals surface area contributed by atoms with Gasteiger partial charge in [0.25, 0.3) is 0 Å². The van der Waals surface area contributed by atoms with Crippen molar-refractivity contribution in [3.63, 3.8) is 0 Å². The second-order valence-electron chi connectivity index (χ2n) is 5.70. The molecule has 0 radical (unpaired) electrons. The number of ether oxygens (including phenoxy) is 4. The fourth-order valence-electron chi connectivity index (χ4n) is 3.08. The van der Waals surface area contributed by atoms with E-state index in [2.05, 4.69) is 0 Å². The molecule has 0 aromatic rings. The summed E-state index contributed by atoms with van der Waals surface area (Å²) in [4.78, 5) is 23.0. The molecule has 6 heteroatoms. The van der Waals surface area contributed by atoms with E-state index in [4.69, 9.17) is 18.9 Å². The van der Waals surface area contributed by atoms with Gasteiger partial charge in [0, 0.05) is 0 Å². The van der Waals surface area contributed by atoms with E-state index in [9.17, 15) is 9.59 Å². The Morgan fingerprint density at radius 1 is 1.40 bits per heavy atom. The number of esters is 2. The van der Waals surface area contributed by atoms with E-state index in [1.807, 2.05) is 13.8 Å². The van der Waals surface area contributed by atoms with E-state index in [0.29, 0.717) is 13.0 Å². The first-order valence-corrected chi connectivity index (χ1v) is 7.26. The van der Waals surface area contributed by atoms with Gasteiger partial charge in [-0.05, 0) is 12.8 Å². The molecule has 0 amide bonds. The van der Waals surface area contributed by atoms with Crippen LogP contribution >= 0.6 is 0 Å². The second-order valence-corrected chi connectivity index (χ2v) is 5.70. The Balaban J connectivity index is 1.42. The van der Waals surface area contributed by atoms with Gasteiger partial charge in [-0.25, -0.2) is 0 Å². The van der Waals surface area contributed by atoms with Crippen LogP contribution in [0, 0.1) is 11.8 Å². The van der Waals surface area contributed by atoms with Crippen LogP contribution < -0.4 is 0 Å². The highest BCUT2D eigenvalue weighted by Crippen LogP contribution is 2.47. The monoisotopic (exact) mass is 284 g/mol. The Morgan fingerprint density at radius 3 is 2.95 bits per heavy atom. The summed E-state index contributed by atoms with van der Waals surface area (Å²) in [5.41, 5.74) is 0. The van der Waals surface area contributed by atoms with Crippen LogP contribution in [0.2, 0.25) is 0 Å². The molecule has 0 spiro atoms. The first kappa shape index (κ1) is 13.8. The van der Waals surface area contributed by atoms with Gasteiger partial charge >= 0.3 is 11.9 Å². The van der Waals surface area contributed by atoms with Crippen molar-refractivity contribution in [3.05, 3.63) is 0 Å². The molecule has 0 aromatic carbocycles. The van der Waals surface area contributed by atoms with E-state index >= 15 is 0 Å². The van der Waals surface area contributed by atoms with Crippen molar-refractivity contribution in [2.24, 2.45) is 11.8 Å². The maximum absolute atomic E-state index is 11.5. The molecule has 0 N–H and O–H groups in total. The lowest BCUT2D eigenvalue weighted by atomic mass is 9.88. The highest BCUT2D eigenvalue weighted by atomic mass is 16.6. The van der Waals surface area contributed by atoms with Gasteiger partial charge in [-0.3, -0.25) is 9.59 Å². The maximum atomic E-state index is 11.5. The van der Waals surface area contributed by atoms with Crippen molar-refractivity contribution in [1.82, 2.24) is 0 Å². The first-order chi connectivity index (χ1) is 9.61. The van der Waals surface area contributed by atoms with E-state index in [1.165, 1.54) is 0 Å². The normalized spacial score (nSPS) is 38.9. The number of carbonyl (C=O) groups is 2. The Hall–Kier alpha value is -1.14. The number of hydrogen-bond donors (Lipinski definition) is 0. The van der Waals surface area contributed by atoms with Gasteiger partial charge in [0.05, 0.1) is 24.5 Å². The van der Waals surface area contributed by atoms with E-state index < -0.39 is 0 Å². The SMILES string of the molecule is CCC(C)C(=O)OCCOC1C2CC3C(=O)OC1C3O2. The van der Waals surface area contributed by atoms with Crippen molar-refractivity contribution >= 4 is 11.9 Å². The third kappa shape index (κ3) is 2.20. The van der Waals surface area contributed by atoms with Gasteiger partial charge < -0.3 is 18.9 Å². The maximum Gasteiger partial charge on any atom is 0.312 e. The van der Waals surface area contributed by atoms with Crippen molar-refractivity contribution in [2.75, 3.05) is 13.2 Å². The van der Waals surface area contributed by atoms with Crippen molar-refractivity contribution in [2.45, 2.75) is 51.1 Å². The van der Waals surface area contributed by atoms with Crippen LogP contribution in [-0.2, 0) is 28.5 Å². The zero-order chi connectivity index (χ0) is 14.3. The highest BCUT2D eigenvalue weighted by Gasteiger charge is 2.64. The molecule has 6 atom stereocenters. The number of fused-ring (bicyclic) bond motifs is 1. The summed E-state index contributed by atoms with van der Waals surface area (Å²) in [6.45, 7) is 4.31. The fraction of sp³-hybridized carbons (Fsp3) is 0.857. The number of carbonyl (C=O) groups excluding carboxylic acids is 2. The molecule has 0 saturated carbocycles. The van der Waals surface area contributed by atoms with Crippen molar-refractivity contribution < 1.29 is 28.5 Å². The van der Waals surface area contributed by atoms with Gasteiger partial charge in [-0.1, -0.05) is 13.8 Å². The Morgan fingerprint density at radius 2 is 2.20 bits per heavy atom. The largest absolute Gasteiger partial charge is 0.463 e. The van der Waals surface area contributed by atoms with Crippen LogP contribution in [0.15, 0.2) is 0 Å². The quantitative estimate of drug-likeness (QED) is 0.527. The van der Waals surface area contributed by atoms with Crippen LogP contribution in [0.4, 0.5) is 0 Å². The van der Waals surface area contributed by atoms with Gasteiger partial charge in [-0.2, -0.15) is 0 Å². The lowest BCUT2D eigenvalue weighted by Gasteiger charge is -2.22. The summed E-state index contributed by atoms with van der Waals surface area (Å²) in [7, 11) is 0. The molecular formula is C14H20O6. The summed E-state index contributed by atoms with van der Waals surface area (Å²) in [6, 6.07) is 0. The van der Waals surface area contributed by atoms with E-state index in [1.54, 1.807) is 0 Å². The Labute approximate surface area is 117 Å². The van der Waals surface area contributed by atoms with Crippen molar-refractivity contribution in [1.29, 1.82) is 0 Å². The second kappa shape index (κ2) is 5.33. The van der Waals surface area contributed by atoms with Gasteiger partial charge in [0.2, 0.25) is 0 Å². The third-order valence-corrected chi connectivity index (χ3v) is 4.44. The summed E-state index contributed by atoms with van der Waals surface area (Å²) in [6.07, 6.45) is 0.741. The lowest BCUT2D eigenvalue weighted by Crippen LogP contribution is -2.39. The minimum absolute atomic E-state index is 0.0632. The molecule has 3 saturated heterocycles. The van der Waals surface area contributed by atoms with Gasteiger partial charge in [0.1, 0.15) is 18.8 Å². The molecule has 3 aliphatic heterocycles. The standard InChI is InChI=1S/C14H20O6/c1-3-7(2)13(15)18-5-4-17-11-9-6-8-10(19-9)12(11)20-14(8)16/h7-12H,3-6H2,1-2H3. The molecule has 6 nitrogen and oxygen atoms in total. The minimum Gasteiger partial charge on any atom is -0.463 e. The van der Waals surface area contributed by atoms with E-state index in [-0.39, 0.29) is 54.8 Å². The summed E-state index contributed by atoms with van der Waals surface area (Å²) < 4.78 is 21.8. The van der Waals surface area contributed by atoms with Crippen LogP contribution in [-0.4, -0.2) is 49.6 Å². The lowest BCUT2D eigenvalue weighted by molar-refractivity contribution is -0.152. The van der Waals surface area contributed by atoms with Crippen LogP contribution in [0.1, 0.15) is 26.7 Å². The van der Waals surface area contributed by atoms with Crippen LogP contribution in [0.3, 0.4) is 0 Å². The molecule has 20 heavy (non-hydrogen) atoms. The predicted octanol–water partition coefficient (Wildman–Crippen LogP) is 0.674. The average molecular weight is 284 g/mol. The topological polar surface area (TPSA) is 71.1 Å². The molecule has 2 bridgehead atoms. The molecule has 0 aromatic heterocycles. The predicted molar refractivity (Wildman–Crippen MR) is 66.8 cm³/mol. The summed E-state index contributed by atoms with van der Waals surface area (Å²) in [5, 5.41) is 0. The fourth-order valence-corrected chi connectivity index (χ4v) is 3.08. The third-order valence-electron chi connectivity index (χ3n) is 4.44. The molecule has 3 fully saturated rings. The smallest absolute Gasteiger partial charge is 0.312 e. The Kier molecular flexibility index (Phi) is 3.69. The van der Waals surface area contributed by atoms with Crippen molar-refractivity contribution in [3.8, 4) is 0 Å². The van der Waals surface area contributed by atoms with E-state index in [0.717, 1.165) is 6.42 Å². The number of hydrogen-bond acceptors (Lipinski definition) is 6. The van der Waals surface area contributed by atoms with Crippen LogP contribution in [0.5, 0.6) is 0 Å². The molecule has 3 rings (SSSR count). The molecule has 0 aliphatic carbocycles. The van der Waals surface area contributed by atoms with Crippen LogP contribution in [0.25, 0.3) is 0 Å². The first-order valence-electron chi connectivity index (χ1n) is 7.26. The average Bonchev–Trinajstić information content (AvgIpc) is 3.05. The molecule has 3 aliphatic rings. The molecule has 3 heterocycles. The zero-order valence-corrected chi connectivity index (χ0v) is 11.7. The minimum atomic E-state index is -0.281.